The van der Waals surface area contributed by atoms with Gasteiger partial charge in [0.25, 0.3) is 0 Å². The van der Waals surface area contributed by atoms with Gasteiger partial charge in [0.2, 0.25) is 11.8 Å². The first kappa shape index (κ1) is 23.5. The van der Waals surface area contributed by atoms with Crippen molar-refractivity contribution in [3.8, 4) is 11.8 Å². The van der Waals surface area contributed by atoms with Crippen LogP contribution in [0.15, 0.2) is 18.5 Å². The molecule has 2 aromatic rings. The van der Waals surface area contributed by atoms with E-state index >= 15 is 0 Å². The van der Waals surface area contributed by atoms with Crippen molar-refractivity contribution in [3.05, 3.63) is 18.5 Å². The van der Waals surface area contributed by atoms with E-state index in [0.29, 0.717) is 31.2 Å². The topological polar surface area (TPSA) is 114 Å². The molecule has 0 unspecified atom stereocenters. The molecule has 0 bridgehead atoms. The highest BCUT2D eigenvalue weighted by molar-refractivity contribution is 5.68. The van der Waals surface area contributed by atoms with E-state index in [9.17, 15) is 13.6 Å². The second kappa shape index (κ2) is 9.96. The second-order valence-electron chi connectivity index (χ2n) is 8.66. The number of nitrogens with zero attached hydrogens (tertiary/aromatic N) is 4. The number of halogens is 2. The Morgan fingerprint density at radius 3 is 2.81 bits per heavy atom. The summed E-state index contributed by atoms with van der Waals surface area (Å²) in [5.41, 5.74) is -0.549. The first-order valence-electron chi connectivity index (χ1n) is 10.3. The Morgan fingerprint density at radius 2 is 2.09 bits per heavy atom. The molecule has 0 aliphatic carbocycles. The Hall–Kier alpha value is -3.18. The van der Waals surface area contributed by atoms with Gasteiger partial charge in [-0.3, -0.25) is 4.98 Å². The molecule has 0 radical (unpaired) electrons. The summed E-state index contributed by atoms with van der Waals surface area (Å²) in [5.74, 6) is 0.904. The van der Waals surface area contributed by atoms with Crippen molar-refractivity contribution in [2.24, 2.45) is 5.92 Å². The van der Waals surface area contributed by atoms with Gasteiger partial charge in [-0.25, -0.2) is 9.89 Å². The molecule has 0 aromatic carbocycles. The van der Waals surface area contributed by atoms with Gasteiger partial charge in [0, 0.05) is 25.6 Å². The molecular weight excluding hydrogens is 426 g/mol. The minimum Gasteiger partial charge on any atom is -0.473 e. The van der Waals surface area contributed by atoms with E-state index in [4.69, 9.17) is 9.47 Å². The van der Waals surface area contributed by atoms with Crippen LogP contribution >= 0.6 is 0 Å². The maximum atomic E-state index is 12.4. The lowest BCUT2D eigenvalue weighted by molar-refractivity contribution is -0.0528. The maximum absolute atomic E-state index is 12.4. The zero-order chi connectivity index (χ0) is 23.3. The van der Waals surface area contributed by atoms with Gasteiger partial charge in [-0.15, -0.1) is 0 Å². The molecule has 176 valence electrons. The Kier molecular flexibility index (Phi) is 7.31. The first-order valence-corrected chi connectivity index (χ1v) is 10.3. The van der Waals surface area contributed by atoms with Gasteiger partial charge in [0.1, 0.15) is 11.7 Å². The molecule has 0 saturated carbocycles. The lowest BCUT2D eigenvalue weighted by Gasteiger charge is -2.27. The molecule has 1 fully saturated rings. The summed E-state index contributed by atoms with van der Waals surface area (Å²) in [6.45, 7) is 5.72. The molecule has 32 heavy (non-hydrogen) atoms. The van der Waals surface area contributed by atoms with Crippen LogP contribution < -0.4 is 14.8 Å². The number of hydrogen-bond acceptors (Lipinski definition) is 8. The van der Waals surface area contributed by atoms with Crippen LogP contribution in [-0.2, 0) is 4.74 Å². The summed E-state index contributed by atoms with van der Waals surface area (Å²) < 4.78 is 40.3. The van der Waals surface area contributed by atoms with Crippen LogP contribution in [0.1, 0.15) is 40.5 Å². The Bertz CT molecular complexity index is 904. The van der Waals surface area contributed by atoms with E-state index in [-0.39, 0.29) is 29.8 Å². The van der Waals surface area contributed by atoms with E-state index in [1.54, 1.807) is 4.90 Å². The van der Waals surface area contributed by atoms with Crippen molar-refractivity contribution in [1.29, 1.82) is 0 Å². The number of rotatable bonds is 6. The van der Waals surface area contributed by atoms with Gasteiger partial charge < -0.3 is 24.4 Å². The van der Waals surface area contributed by atoms with Gasteiger partial charge in [-0.2, -0.15) is 18.9 Å². The molecule has 3 rings (SSSR count). The van der Waals surface area contributed by atoms with Gasteiger partial charge in [-0.1, -0.05) is 6.92 Å². The third kappa shape index (κ3) is 7.20. The summed E-state index contributed by atoms with van der Waals surface area (Å²) >= 11 is 0. The zero-order valence-electron chi connectivity index (χ0n) is 18.5. The number of anilines is 2. The van der Waals surface area contributed by atoms with E-state index in [1.807, 2.05) is 20.8 Å². The van der Waals surface area contributed by atoms with Crippen LogP contribution in [0.25, 0.3) is 0 Å². The molecule has 0 spiro atoms. The summed E-state index contributed by atoms with van der Waals surface area (Å²) in [5, 5.41) is 9.02. The minimum atomic E-state index is -2.95. The number of amides is 1. The van der Waals surface area contributed by atoms with Crippen LogP contribution in [0, 0.1) is 5.92 Å². The highest BCUT2D eigenvalue weighted by atomic mass is 19.3. The lowest BCUT2D eigenvalue weighted by Crippen LogP contribution is -2.38. The number of likely N-dealkylation sites (tertiary alicyclic amines) is 1. The van der Waals surface area contributed by atoms with Crippen molar-refractivity contribution >= 4 is 17.7 Å². The number of H-pyrrole nitrogens is 1. The van der Waals surface area contributed by atoms with E-state index < -0.39 is 12.2 Å². The van der Waals surface area contributed by atoms with Crippen LogP contribution in [0.2, 0.25) is 0 Å². The highest BCUT2D eigenvalue weighted by Crippen LogP contribution is 2.24. The molecular formula is C20H28F2N6O4. The molecule has 12 heteroatoms. The average Bonchev–Trinajstić information content (AvgIpc) is 3.00. The number of carbonyl (C=O) groups excluding carboxylic acids is 1. The van der Waals surface area contributed by atoms with E-state index in [2.05, 4.69) is 37.1 Å². The van der Waals surface area contributed by atoms with Crippen molar-refractivity contribution in [2.45, 2.75) is 58.9 Å². The number of ether oxygens (including phenoxy) is 3. The number of alkyl halides is 2. The van der Waals surface area contributed by atoms with Crippen LogP contribution in [0.5, 0.6) is 11.8 Å². The van der Waals surface area contributed by atoms with E-state index in [1.165, 1.54) is 18.5 Å². The predicted octanol–water partition coefficient (Wildman–Crippen LogP) is 3.96. The fraction of sp³-hybridized carbons (Fsp3) is 0.600. The molecule has 1 saturated heterocycles. The number of aromatic nitrogens is 4. The van der Waals surface area contributed by atoms with Gasteiger partial charge in [0.15, 0.2) is 11.6 Å². The smallest absolute Gasteiger partial charge is 0.410 e. The van der Waals surface area contributed by atoms with E-state index in [0.717, 1.165) is 6.42 Å². The number of carbonyl (C=O) groups is 1. The van der Waals surface area contributed by atoms with Crippen molar-refractivity contribution < 1.29 is 27.8 Å². The molecule has 10 nitrogen and oxygen atoms in total. The van der Waals surface area contributed by atoms with Crippen LogP contribution in [0.3, 0.4) is 0 Å². The molecule has 2 atom stereocenters. The summed E-state index contributed by atoms with van der Waals surface area (Å²) in [4.78, 5) is 22.6. The normalized spacial score (nSPS) is 19.4. The molecule has 2 N–H and O–H groups in total. The SMILES string of the molecule is C[C@@H]1C[C@@H](Oc2cncc(Nc3cc(OC(F)F)[nH]n3)n2)CCN(C(=O)OC(C)(C)C)C1. The van der Waals surface area contributed by atoms with Gasteiger partial charge >= 0.3 is 12.7 Å². The molecule has 1 aliphatic rings. The fourth-order valence-electron chi connectivity index (χ4n) is 3.30. The summed E-state index contributed by atoms with van der Waals surface area (Å²) in [6, 6.07) is 1.28. The maximum Gasteiger partial charge on any atom is 0.410 e. The quantitative estimate of drug-likeness (QED) is 0.674. The predicted molar refractivity (Wildman–Crippen MR) is 111 cm³/mol. The monoisotopic (exact) mass is 454 g/mol. The number of nitrogens with one attached hydrogen (secondary N) is 2. The molecule has 2 aromatic heterocycles. The van der Waals surface area contributed by atoms with Crippen LogP contribution in [-0.4, -0.2) is 62.6 Å². The Balaban J connectivity index is 1.59. The average molecular weight is 454 g/mol. The lowest BCUT2D eigenvalue weighted by atomic mass is 10.0. The Morgan fingerprint density at radius 1 is 1.31 bits per heavy atom. The number of hydrogen-bond donors (Lipinski definition) is 2. The van der Waals surface area contributed by atoms with Crippen molar-refractivity contribution in [2.75, 3.05) is 18.4 Å². The van der Waals surface area contributed by atoms with Gasteiger partial charge in [-0.05, 0) is 33.1 Å². The largest absolute Gasteiger partial charge is 0.473 e. The molecule has 1 aliphatic heterocycles. The van der Waals surface area contributed by atoms with Gasteiger partial charge in [0.05, 0.1) is 12.4 Å². The number of aromatic amines is 1. The molecule has 3 heterocycles. The van der Waals surface area contributed by atoms with Crippen molar-refractivity contribution in [1.82, 2.24) is 25.1 Å². The standard InChI is InChI=1S/C20H28F2N6O4/c1-12-7-13(5-6-28(11-12)19(29)32-20(2,3)4)30-17-10-23-9-15(25-17)24-14-8-16(27-26-14)31-18(21)22/h8-10,12-13,18H,5-7,11H2,1-4H3,(H2,24,25,26,27)/t12-,13+/m1/s1. The Labute approximate surface area is 184 Å². The summed E-state index contributed by atoms with van der Waals surface area (Å²) in [6.07, 6.45) is 3.82. The third-order valence-corrected chi connectivity index (χ3v) is 4.50. The second-order valence-corrected chi connectivity index (χ2v) is 8.66. The zero-order valence-corrected chi connectivity index (χ0v) is 18.5. The first-order chi connectivity index (χ1) is 15.1. The fourth-order valence-corrected chi connectivity index (χ4v) is 3.30. The summed E-state index contributed by atoms with van der Waals surface area (Å²) in [7, 11) is 0. The molecule has 1 amide bonds. The van der Waals surface area contributed by atoms with Crippen molar-refractivity contribution in [3.63, 3.8) is 0 Å². The third-order valence-electron chi connectivity index (χ3n) is 4.50. The van der Waals surface area contributed by atoms with Crippen LogP contribution in [0.4, 0.5) is 25.2 Å². The highest BCUT2D eigenvalue weighted by Gasteiger charge is 2.29. The minimum absolute atomic E-state index is 0.154.